The van der Waals surface area contributed by atoms with Gasteiger partial charge in [-0.25, -0.2) is 0 Å². The van der Waals surface area contributed by atoms with Gasteiger partial charge in [-0.1, -0.05) is 0 Å². The van der Waals surface area contributed by atoms with Crippen LogP contribution in [-0.2, 0) is 10.5 Å². The summed E-state index contributed by atoms with van der Waals surface area (Å²) in [6.45, 7) is 0.346. The van der Waals surface area contributed by atoms with Gasteiger partial charge in [0.15, 0.2) is 0 Å². The summed E-state index contributed by atoms with van der Waals surface area (Å²) in [5.41, 5.74) is -0.662. The minimum absolute atomic E-state index is 0.165. The van der Waals surface area contributed by atoms with Crippen LogP contribution in [0.2, 0.25) is 0 Å². The average Bonchev–Trinajstić information content (AvgIpc) is 2.82. The Labute approximate surface area is 110 Å². The quantitative estimate of drug-likeness (QED) is 0.774. The summed E-state index contributed by atoms with van der Waals surface area (Å²) in [5, 5.41) is 14.2. The van der Waals surface area contributed by atoms with Gasteiger partial charge in [-0.2, -0.15) is 0 Å². The van der Waals surface area contributed by atoms with Gasteiger partial charge in [0.2, 0.25) is 5.91 Å². The fourth-order valence-electron chi connectivity index (χ4n) is 1.71. The summed E-state index contributed by atoms with van der Waals surface area (Å²) >= 11 is 1.49. The minimum atomic E-state index is -0.662. The van der Waals surface area contributed by atoms with Crippen LogP contribution in [0.5, 0.6) is 0 Å². The molecule has 0 aromatic carbocycles. The van der Waals surface area contributed by atoms with Crippen molar-refractivity contribution in [3.8, 4) is 0 Å². The second-order valence-corrected chi connectivity index (χ2v) is 5.38. The Hall–Kier alpha value is -1.20. The standard InChI is InChI=1S/C13H17NO3S/c15-12(14-10-13(16)5-2-6-13)4-8-18-9-11-3-1-7-17-11/h1,3-4,7-8,16H,2,5-6,9-10H2,(H,14,15). The van der Waals surface area contributed by atoms with E-state index in [1.165, 1.54) is 17.8 Å². The molecule has 1 saturated carbocycles. The van der Waals surface area contributed by atoms with Crippen LogP contribution in [0.25, 0.3) is 0 Å². The Bertz CT molecular complexity index is 410. The zero-order chi connectivity index (χ0) is 12.8. The first kappa shape index (κ1) is 13.2. The first-order valence-electron chi connectivity index (χ1n) is 5.99. The fraction of sp³-hybridized carbons (Fsp3) is 0.462. The number of thioether (sulfide) groups is 1. The third-order valence-corrected chi connectivity index (χ3v) is 3.78. The summed E-state index contributed by atoms with van der Waals surface area (Å²) in [7, 11) is 0. The lowest BCUT2D eigenvalue weighted by atomic mass is 9.80. The van der Waals surface area contributed by atoms with E-state index in [4.69, 9.17) is 4.42 Å². The lowest BCUT2D eigenvalue weighted by Gasteiger charge is -2.36. The topological polar surface area (TPSA) is 62.5 Å². The molecule has 0 spiro atoms. The third-order valence-electron chi connectivity index (χ3n) is 3.00. The number of carbonyl (C=O) groups excluding carboxylic acids is 1. The number of aliphatic hydroxyl groups is 1. The predicted octanol–water partition coefficient (Wildman–Crippen LogP) is 2.06. The van der Waals surface area contributed by atoms with E-state index in [0.717, 1.165) is 25.0 Å². The Balaban J connectivity index is 1.61. The Kier molecular flexibility index (Phi) is 4.49. The molecule has 1 fully saturated rings. The van der Waals surface area contributed by atoms with Crippen molar-refractivity contribution in [3.63, 3.8) is 0 Å². The largest absolute Gasteiger partial charge is 0.468 e. The highest BCUT2D eigenvalue weighted by Gasteiger charge is 2.34. The van der Waals surface area contributed by atoms with Crippen LogP contribution < -0.4 is 5.32 Å². The number of hydrogen-bond donors (Lipinski definition) is 2. The lowest BCUT2D eigenvalue weighted by Crippen LogP contribution is -2.47. The molecule has 2 N–H and O–H groups in total. The number of hydrogen-bond acceptors (Lipinski definition) is 4. The smallest absolute Gasteiger partial charge is 0.244 e. The van der Waals surface area contributed by atoms with Crippen molar-refractivity contribution in [2.75, 3.05) is 6.54 Å². The van der Waals surface area contributed by atoms with E-state index >= 15 is 0 Å². The number of furan rings is 1. The molecule has 2 rings (SSSR count). The van der Waals surface area contributed by atoms with Crippen LogP contribution in [0.15, 0.2) is 34.3 Å². The monoisotopic (exact) mass is 267 g/mol. The van der Waals surface area contributed by atoms with Gasteiger partial charge >= 0.3 is 0 Å². The van der Waals surface area contributed by atoms with E-state index in [1.54, 1.807) is 11.7 Å². The molecule has 0 radical (unpaired) electrons. The second kappa shape index (κ2) is 6.11. The molecule has 0 aliphatic heterocycles. The molecule has 5 heteroatoms. The molecular weight excluding hydrogens is 250 g/mol. The second-order valence-electron chi connectivity index (χ2n) is 4.49. The van der Waals surface area contributed by atoms with Crippen LogP contribution in [0.3, 0.4) is 0 Å². The Morgan fingerprint density at radius 3 is 3.06 bits per heavy atom. The molecule has 18 heavy (non-hydrogen) atoms. The van der Waals surface area contributed by atoms with Crippen molar-refractivity contribution in [2.45, 2.75) is 30.6 Å². The van der Waals surface area contributed by atoms with Crippen LogP contribution >= 0.6 is 11.8 Å². The molecule has 1 aliphatic carbocycles. The van der Waals surface area contributed by atoms with Gasteiger partial charge in [-0.15, -0.1) is 11.8 Å². The summed E-state index contributed by atoms with van der Waals surface area (Å²) < 4.78 is 5.17. The molecule has 0 unspecified atom stereocenters. The van der Waals surface area contributed by atoms with E-state index < -0.39 is 5.60 Å². The van der Waals surface area contributed by atoms with Crippen molar-refractivity contribution in [2.24, 2.45) is 0 Å². The molecule has 1 aromatic rings. The first-order chi connectivity index (χ1) is 8.68. The molecule has 98 valence electrons. The number of nitrogens with one attached hydrogen (secondary N) is 1. The van der Waals surface area contributed by atoms with Gasteiger partial charge < -0.3 is 14.8 Å². The van der Waals surface area contributed by atoms with E-state index in [-0.39, 0.29) is 5.91 Å². The van der Waals surface area contributed by atoms with Crippen molar-refractivity contribution in [1.82, 2.24) is 5.32 Å². The van der Waals surface area contributed by atoms with Crippen LogP contribution in [-0.4, -0.2) is 23.2 Å². The SMILES string of the molecule is O=C(C=CSCc1ccco1)NCC1(O)CCC1. The molecule has 1 amide bonds. The maximum absolute atomic E-state index is 11.4. The Morgan fingerprint density at radius 1 is 1.61 bits per heavy atom. The lowest BCUT2D eigenvalue weighted by molar-refractivity contribution is -0.118. The molecule has 4 nitrogen and oxygen atoms in total. The zero-order valence-corrected chi connectivity index (χ0v) is 10.9. The van der Waals surface area contributed by atoms with Crippen LogP contribution in [0.4, 0.5) is 0 Å². The van der Waals surface area contributed by atoms with Gasteiger partial charge in [0.1, 0.15) is 5.76 Å². The van der Waals surface area contributed by atoms with E-state index in [0.29, 0.717) is 12.3 Å². The molecule has 0 saturated heterocycles. The number of rotatable bonds is 6. The van der Waals surface area contributed by atoms with E-state index in [9.17, 15) is 9.90 Å². The summed E-state index contributed by atoms with van der Waals surface area (Å²) in [5.74, 6) is 1.43. The molecule has 1 heterocycles. The third kappa shape index (κ3) is 3.92. The van der Waals surface area contributed by atoms with Crippen LogP contribution in [0, 0.1) is 0 Å². The van der Waals surface area contributed by atoms with Gasteiger partial charge in [0, 0.05) is 12.6 Å². The van der Waals surface area contributed by atoms with Crippen molar-refractivity contribution < 1.29 is 14.3 Å². The first-order valence-corrected chi connectivity index (χ1v) is 7.04. The molecular formula is C13H17NO3S. The number of carbonyl (C=O) groups is 1. The maximum atomic E-state index is 11.4. The summed E-state index contributed by atoms with van der Waals surface area (Å²) in [6, 6.07) is 3.73. The Morgan fingerprint density at radius 2 is 2.44 bits per heavy atom. The van der Waals surface area contributed by atoms with Gasteiger partial charge in [0.05, 0.1) is 17.6 Å². The van der Waals surface area contributed by atoms with Crippen molar-refractivity contribution in [3.05, 3.63) is 35.6 Å². The molecule has 0 bridgehead atoms. The van der Waals surface area contributed by atoms with Crippen molar-refractivity contribution in [1.29, 1.82) is 0 Å². The maximum Gasteiger partial charge on any atom is 0.244 e. The highest BCUT2D eigenvalue weighted by Crippen LogP contribution is 2.30. The highest BCUT2D eigenvalue weighted by atomic mass is 32.2. The van der Waals surface area contributed by atoms with Gasteiger partial charge in [-0.05, 0) is 36.8 Å². The fourth-order valence-corrected chi connectivity index (χ4v) is 2.35. The zero-order valence-electron chi connectivity index (χ0n) is 10.1. The summed E-state index contributed by atoms with van der Waals surface area (Å²) in [4.78, 5) is 11.4. The molecule has 0 atom stereocenters. The average molecular weight is 267 g/mol. The predicted molar refractivity (Wildman–Crippen MR) is 71.0 cm³/mol. The van der Waals surface area contributed by atoms with Gasteiger partial charge in [-0.3, -0.25) is 4.79 Å². The van der Waals surface area contributed by atoms with E-state index in [1.807, 2.05) is 12.1 Å². The van der Waals surface area contributed by atoms with E-state index in [2.05, 4.69) is 5.32 Å². The normalized spacial score (nSPS) is 17.6. The molecule has 1 aliphatic rings. The van der Waals surface area contributed by atoms with Gasteiger partial charge in [0.25, 0.3) is 0 Å². The highest BCUT2D eigenvalue weighted by molar-refractivity contribution is 8.01. The molecule has 1 aromatic heterocycles. The van der Waals surface area contributed by atoms with Crippen LogP contribution in [0.1, 0.15) is 25.0 Å². The van der Waals surface area contributed by atoms with Crippen molar-refractivity contribution >= 4 is 17.7 Å². The summed E-state index contributed by atoms with van der Waals surface area (Å²) in [6.07, 6.45) is 5.72. The minimum Gasteiger partial charge on any atom is -0.468 e. The number of amides is 1.